The normalized spacial score (nSPS) is 21.5. The molecular formula is C30H35F2N5O7. The van der Waals surface area contributed by atoms with E-state index in [-0.39, 0.29) is 73.1 Å². The Kier molecular flexibility index (Phi) is 8.88. The third-order valence-electron chi connectivity index (χ3n) is 8.03. The number of hydrogen-bond donors (Lipinski definition) is 2. The molecule has 1 saturated carbocycles. The first-order valence-electron chi connectivity index (χ1n) is 14.6. The minimum Gasteiger partial charge on any atom is -0.486 e. The van der Waals surface area contributed by atoms with Crippen LogP contribution in [0.3, 0.4) is 0 Å². The van der Waals surface area contributed by atoms with Gasteiger partial charge in [0.05, 0.1) is 24.5 Å². The zero-order chi connectivity index (χ0) is 31.7. The summed E-state index contributed by atoms with van der Waals surface area (Å²) in [5.74, 6) is -3.01. The van der Waals surface area contributed by atoms with E-state index in [1.165, 1.54) is 24.1 Å². The Labute approximate surface area is 251 Å². The largest absolute Gasteiger partial charge is 0.486 e. The van der Waals surface area contributed by atoms with Crippen LogP contribution < -0.4 is 15.6 Å². The van der Waals surface area contributed by atoms with Crippen molar-refractivity contribution in [3.63, 3.8) is 0 Å². The van der Waals surface area contributed by atoms with Crippen molar-refractivity contribution in [2.45, 2.75) is 58.2 Å². The van der Waals surface area contributed by atoms with Gasteiger partial charge in [0.1, 0.15) is 29.7 Å². The molecule has 2 fully saturated rings. The third kappa shape index (κ3) is 6.38. The number of anilines is 1. The minimum absolute atomic E-state index is 0.0108. The molecule has 236 valence electrons. The first-order chi connectivity index (χ1) is 21.0. The summed E-state index contributed by atoms with van der Waals surface area (Å²) in [6, 6.07) is 0.446. The number of likely N-dealkylation sites (N-methyl/N-ethyl adjacent to an activating group) is 1. The highest BCUT2D eigenvalue weighted by Gasteiger charge is 2.36. The number of carbonyl (C=O) groups is 3. The van der Waals surface area contributed by atoms with Crippen LogP contribution in [-0.2, 0) is 14.3 Å². The molecule has 1 saturated heterocycles. The lowest BCUT2D eigenvalue weighted by molar-refractivity contribution is -0.119. The van der Waals surface area contributed by atoms with E-state index in [1.807, 2.05) is 6.92 Å². The van der Waals surface area contributed by atoms with E-state index in [4.69, 9.17) is 9.47 Å². The molecule has 14 heteroatoms. The van der Waals surface area contributed by atoms with Gasteiger partial charge in [0.25, 0.3) is 0 Å². The average Bonchev–Trinajstić information content (AvgIpc) is 3.75. The molecular weight excluding hydrogens is 580 g/mol. The van der Waals surface area contributed by atoms with Gasteiger partial charge in [-0.3, -0.25) is 9.59 Å². The summed E-state index contributed by atoms with van der Waals surface area (Å²) in [6.45, 7) is 6.01. The summed E-state index contributed by atoms with van der Waals surface area (Å²) in [5, 5.41) is 11.9. The van der Waals surface area contributed by atoms with Gasteiger partial charge >= 0.3 is 12.1 Å². The highest BCUT2D eigenvalue weighted by Crippen LogP contribution is 2.38. The molecule has 0 spiro atoms. The van der Waals surface area contributed by atoms with Crippen LogP contribution >= 0.6 is 0 Å². The number of allylic oxidation sites excluding steroid dienone is 1. The van der Waals surface area contributed by atoms with E-state index in [2.05, 4.69) is 10.3 Å². The van der Waals surface area contributed by atoms with Crippen LogP contribution in [0, 0.1) is 11.7 Å². The lowest BCUT2D eigenvalue weighted by Gasteiger charge is -2.30. The molecule has 3 atom stereocenters. The number of fused-ring (bicyclic) bond motifs is 1. The molecule has 2 aliphatic carbocycles. The van der Waals surface area contributed by atoms with Crippen molar-refractivity contribution in [2.24, 2.45) is 5.92 Å². The molecule has 3 aliphatic rings. The number of hydrogen-bond acceptors (Lipinski definition) is 8. The van der Waals surface area contributed by atoms with Gasteiger partial charge in [0.2, 0.25) is 11.3 Å². The molecule has 0 radical (unpaired) electrons. The molecule has 2 aromatic rings. The van der Waals surface area contributed by atoms with Crippen LogP contribution in [0.1, 0.15) is 56.4 Å². The van der Waals surface area contributed by atoms with Crippen LogP contribution in [-0.4, -0.2) is 82.5 Å². The van der Waals surface area contributed by atoms with Gasteiger partial charge in [0, 0.05) is 44.6 Å². The van der Waals surface area contributed by atoms with E-state index < -0.39 is 46.8 Å². The Balaban J connectivity index is 1.28. The molecule has 44 heavy (non-hydrogen) atoms. The number of halogens is 2. The Morgan fingerprint density at radius 2 is 1.98 bits per heavy atom. The number of aromatic nitrogens is 2. The standard InChI is InChI=1S/C30H35F2N5O7/c1-4-36(30(42)43-10-9-33-17(3)38)19-7-8-24(22(31)11-19)44-25-15-35(13-16(25)2)28-23(32)12-20-26(39)21(29(40)41)14-37(18-5-6-18)27(20)34-28/h7-8,12,14,16,18-19,25H,4-6,9-11,13,15H2,1-3H3,(H,33,38)(H,40,41)/t16-,19?,25-/m0/s1. The van der Waals surface area contributed by atoms with Crippen molar-refractivity contribution in [3.8, 4) is 0 Å². The fourth-order valence-electron chi connectivity index (χ4n) is 5.57. The Morgan fingerprint density at radius 1 is 1.23 bits per heavy atom. The van der Waals surface area contributed by atoms with E-state index in [0.29, 0.717) is 6.54 Å². The molecule has 3 heterocycles. The number of nitrogens with one attached hydrogen (secondary N) is 1. The number of aromatic carboxylic acids is 1. The Morgan fingerprint density at radius 3 is 2.61 bits per heavy atom. The maximum atomic E-state index is 15.4. The number of ether oxygens (including phenoxy) is 2. The summed E-state index contributed by atoms with van der Waals surface area (Å²) in [6.07, 6.45) is 4.79. The van der Waals surface area contributed by atoms with Crippen molar-refractivity contribution in [2.75, 3.05) is 37.7 Å². The van der Waals surface area contributed by atoms with Crippen LogP contribution in [0.2, 0.25) is 0 Å². The second-order valence-corrected chi connectivity index (χ2v) is 11.3. The van der Waals surface area contributed by atoms with Crippen molar-refractivity contribution in [1.82, 2.24) is 19.8 Å². The van der Waals surface area contributed by atoms with Crippen molar-refractivity contribution < 1.29 is 37.7 Å². The first kappa shape index (κ1) is 31.0. The molecule has 1 unspecified atom stereocenters. The Bertz CT molecular complexity index is 1600. The summed E-state index contributed by atoms with van der Waals surface area (Å²) in [5.41, 5.74) is -0.997. The molecule has 0 bridgehead atoms. The SMILES string of the molecule is CCN(C(=O)OCCNC(C)=O)C1C=CC(O[C@H]2CN(c3nc4c(cc3F)c(=O)c(C(=O)O)cn4C3CC3)C[C@@H]2C)=C(F)C1. The second-order valence-electron chi connectivity index (χ2n) is 11.3. The van der Waals surface area contributed by atoms with Crippen molar-refractivity contribution in [1.29, 1.82) is 0 Å². The maximum absolute atomic E-state index is 15.4. The topological polar surface area (TPSA) is 143 Å². The number of carboxylic acid groups (broad SMARTS) is 1. The van der Waals surface area contributed by atoms with Gasteiger partial charge in [-0.2, -0.15) is 0 Å². The van der Waals surface area contributed by atoms with Gasteiger partial charge in [-0.25, -0.2) is 23.4 Å². The number of amides is 2. The van der Waals surface area contributed by atoms with E-state index in [0.717, 1.165) is 18.9 Å². The van der Waals surface area contributed by atoms with Crippen LogP contribution in [0.5, 0.6) is 0 Å². The zero-order valence-electron chi connectivity index (χ0n) is 24.7. The number of pyridine rings is 2. The third-order valence-corrected chi connectivity index (χ3v) is 8.03. The maximum Gasteiger partial charge on any atom is 0.410 e. The van der Waals surface area contributed by atoms with Crippen molar-refractivity contribution >= 4 is 34.8 Å². The smallest absolute Gasteiger partial charge is 0.410 e. The van der Waals surface area contributed by atoms with E-state index in [9.17, 15) is 24.3 Å². The van der Waals surface area contributed by atoms with Crippen molar-refractivity contribution in [3.05, 3.63) is 57.6 Å². The molecule has 2 N–H and O–H groups in total. The highest BCUT2D eigenvalue weighted by atomic mass is 19.1. The van der Waals surface area contributed by atoms with Gasteiger partial charge < -0.3 is 34.3 Å². The first-order valence-corrected chi connectivity index (χ1v) is 14.6. The summed E-state index contributed by atoms with van der Waals surface area (Å²) in [7, 11) is 0. The summed E-state index contributed by atoms with van der Waals surface area (Å²) in [4.78, 5) is 55.5. The fourth-order valence-corrected chi connectivity index (χ4v) is 5.57. The number of rotatable bonds is 10. The monoisotopic (exact) mass is 615 g/mol. The molecule has 5 rings (SSSR count). The predicted octanol–water partition coefficient (Wildman–Crippen LogP) is 3.51. The lowest BCUT2D eigenvalue weighted by atomic mass is 10.0. The van der Waals surface area contributed by atoms with E-state index >= 15 is 8.78 Å². The molecule has 0 aromatic carbocycles. The van der Waals surface area contributed by atoms with Crippen LogP contribution in [0.15, 0.2) is 40.8 Å². The summed E-state index contributed by atoms with van der Waals surface area (Å²) >= 11 is 0. The highest BCUT2D eigenvalue weighted by molar-refractivity contribution is 5.92. The predicted molar refractivity (Wildman–Crippen MR) is 156 cm³/mol. The van der Waals surface area contributed by atoms with Gasteiger partial charge in [-0.05, 0) is 31.9 Å². The number of nitrogens with zero attached hydrogens (tertiary/aromatic N) is 4. The number of carboxylic acids is 1. The molecule has 12 nitrogen and oxygen atoms in total. The zero-order valence-corrected chi connectivity index (χ0v) is 24.7. The van der Waals surface area contributed by atoms with Gasteiger partial charge in [-0.15, -0.1) is 0 Å². The lowest BCUT2D eigenvalue weighted by Crippen LogP contribution is -2.41. The Hall–Kier alpha value is -4.49. The average molecular weight is 616 g/mol. The van der Waals surface area contributed by atoms with Gasteiger partial charge in [0.15, 0.2) is 17.4 Å². The molecule has 1 aliphatic heterocycles. The molecule has 2 aromatic heterocycles. The fraction of sp³-hybridized carbons (Fsp3) is 0.500. The van der Waals surface area contributed by atoms with Crippen LogP contribution in [0.25, 0.3) is 11.0 Å². The van der Waals surface area contributed by atoms with Gasteiger partial charge in [-0.1, -0.05) is 13.0 Å². The van der Waals surface area contributed by atoms with E-state index in [1.54, 1.807) is 22.5 Å². The van der Waals surface area contributed by atoms with Crippen LogP contribution in [0.4, 0.5) is 19.4 Å². The molecule has 2 amide bonds. The minimum atomic E-state index is -1.38. The summed E-state index contributed by atoms with van der Waals surface area (Å²) < 4.78 is 43.5. The quantitative estimate of drug-likeness (QED) is 0.384. The second kappa shape index (κ2) is 12.6. The number of carbonyl (C=O) groups excluding carboxylic acids is 2.